The second-order valence-electron chi connectivity index (χ2n) is 5.41. The molecule has 0 radical (unpaired) electrons. The predicted molar refractivity (Wildman–Crippen MR) is 83.3 cm³/mol. The Morgan fingerprint density at radius 1 is 1.50 bits per heavy atom. The lowest BCUT2D eigenvalue weighted by molar-refractivity contribution is -0.00812. The maximum Gasteiger partial charge on any atom is 0.265 e. The van der Waals surface area contributed by atoms with Crippen LogP contribution in [0.2, 0.25) is 0 Å². The van der Waals surface area contributed by atoms with Gasteiger partial charge in [-0.1, -0.05) is 11.3 Å². The summed E-state index contributed by atoms with van der Waals surface area (Å²) in [7, 11) is 0. The number of aromatic nitrogens is 1. The van der Waals surface area contributed by atoms with Crippen LogP contribution in [-0.4, -0.2) is 35.7 Å². The number of ether oxygens (including phenoxy) is 1. The molecule has 6 nitrogen and oxygen atoms in total. The Bertz CT molecular complexity index is 457. The van der Waals surface area contributed by atoms with Gasteiger partial charge in [0, 0.05) is 19.2 Å². The number of nitrogens with one attached hydrogen (secondary N) is 2. The van der Waals surface area contributed by atoms with E-state index >= 15 is 0 Å². The van der Waals surface area contributed by atoms with E-state index < -0.39 is 5.60 Å². The molecule has 1 aromatic heterocycles. The Labute approximate surface area is 124 Å². The summed E-state index contributed by atoms with van der Waals surface area (Å²) >= 11 is 1.26. The van der Waals surface area contributed by atoms with Crippen LogP contribution < -0.4 is 16.4 Å². The van der Waals surface area contributed by atoms with E-state index in [1.165, 1.54) is 11.3 Å². The summed E-state index contributed by atoms with van der Waals surface area (Å²) in [5, 5.41) is 6.63. The molecule has 1 aromatic rings. The molecule has 0 saturated heterocycles. The zero-order chi connectivity index (χ0) is 15.3. The highest BCUT2D eigenvalue weighted by atomic mass is 32.1. The Morgan fingerprint density at radius 2 is 2.15 bits per heavy atom. The first-order valence-corrected chi connectivity index (χ1v) is 7.52. The van der Waals surface area contributed by atoms with Gasteiger partial charge in [0.1, 0.15) is 10.7 Å². The van der Waals surface area contributed by atoms with Gasteiger partial charge in [-0.25, -0.2) is 4.98 Å². The standard InChI is InChI=1S/C13H24N4O2S/c1-6-19-13(4,5)7-15-11(18)9-10(14)17-12(20-9)16-8(2)3/h8H,6-7,14H2,1-5H3,(H,15,18)(H,16,17). The van der Waals surface area contributed by atoms with Gasteiger partial charge in [-0.2, -0.15) is 0 Å². The van der Waals surface area contributed by atoms with E-state index in [2.05, 4.69) is 15.6 Å². The highest BCUT2D eigenvalue weighted by molar-refractivity contribution is 7.18. The van der Waals surface area contributed by atoms with Crippen molar-refractivity contribution in [3.8, 4) is 0 Å². The molecule has 0 aromatic carbocycles. The SMILES string of the molecule is CCOC(C)(C)CNC(=O)c1sc(NC(C)C)nc1N. The molecule has 0 aliphatic heterocycles. The zero-order valence-corrected chi connectivity index (χ0v) is 13.6. The van der Waals surface area contributed by atoms with Crippen molar-refractivity contribution in [1.82, 2.24) is 10.3 Å². The summed E-state index contributed by atoms with van der Waals surface area (Å²) in [6, 6.07) is 0.244. The quantitative estimate of drug-likeness (QED) is 0.717. The topological polar surface area (TPSA) is 89.3 Å². The maximum atomic E-state index is 12.1. The van der Waals surface area contributed by atoms with E-state index in [-0.39, 0.29) is 17.8 Å². The van der Waals surface area contributed by atoms with Crippen molar-refractivity contribution in [2.45, 2.75) is 46.3 Å². The Morgan fingerprint density at radius 3 is 2.70 bits per heavy atom. The summed E-state index contributed by atoms with van der Waals surface area (Å²) in [6.45, 7) is 10.8. The molecule has 1 amide bonds. The lowest BCUT2D eigenvalue weighted by Crippen LogP contribution is -2.40. The molecule has 0 saturated carbocycles. The molecule has 0 aliphatic rings. The number of carbonyl (C=O) groups is 1. The first kappa shape index (κ1) is 16.7. The number of carbonyl (C=O) groups excluding carboxylic acids is 1. The second-order valence-corrected chi connectivity index (χ2v) is 6.41. The van der Waals surface area contributed by atoms with Crippen molar-refractivity contribution in [3.63, 3.8) is 0 Å². The van der Waals surface area contributed by atoms with Gasteiger partial charge < -0.3 is 21.1 Å². The number of amides is 1. The summed E-state index contributed by atoms with van der Waals surface area (Å²) in [6.07, 6.45) is 0. The molecule has 4 N–H and O–H groups in total. The highest BCUT2D eigenvalue weighted by Crippen LogP contribution is 2.25. The van der Waals surface area contributed by atoms with E-state index in [4.69, 9.17) is 10.5 Å². The number of nitrogens with two attached hydrogens (primary N) is 1. The molecule has 1 rings (SSSR count). The van der Waals surface area contributed by atoms with Crippen LogP contribution in [0.1, 0.15) is 44.3 Å². The van der Waals surface area contributed by atoms with Crippen LogP contribution in [-0.2, 0) is 4.74 Å². The first-order chi connectivity index (χ1) is 9.25. The van der Waals surface area contributed by atoms with Crippen LogP contribution in [0.3, 0.4) is 0 Å². The number of nitrogens with zero attached hydrogens (tertiary/aromatic N) is 1. The molecule has 0 fully saturated rings. The number of nitrogen functional groups attached to an aromatic ring is 1. The van der Waals surface area contributed by atoms with Gasteiger partial charge in [-0.15, -0.1) is 0 Å². The number of hydrogen-bond acceptors (Lipinski definition) is 6. The predicted octanol–water partition coefficient (Wildman–Crippen LogP) is 2.09. The third-order valence-electron chi connectivity index (χ3n) is 2.48. The monoisotopic (exact) mass is 300 g/mol. The van der Waals surface area contributed by atoms with Crippen LogP contribution in [0, 0.1) is 0 Å². The lowest BCUT2D eigenvalue weighted by Gasteiger charge is -2.24. The van der Waals surface area contributed by atoms with Crippen LogP contribution >= 0.6 is 11.3 Å². The van der Waals surface area contributed by atoms with Gasteiger partial charge in [0.2, 0.25) is 0 Å². The van der Waals surface area contributed by atoms with Crippen LogP contribution in [0.5, 0.6) is 0 Å². The Kier molecular flexibility index (Phi) is 5.76. The summed E-state index contributed by atoms with van der Waals surface area (Å²) in [5.74, 6) is 0.0365. The minimum atomic E-state index is -0.400. The number of thiazole rings is 1. The highest BCUT2D eigenvalue weighted by Gasteiger charge is 2.21. The minimum absolute atomic E-state index is 0.218. The minimum Gasteiger partial charge on any atom is -0.382 e. The van der Waals surface area contributed by atoms with E-state index in [9.17, 15) is 4.79 Å². The van der Waals surface area contributed by atoms with Crippen molar-refractivity contribution >= 4 is 28.2 Å². The molecule has 0 unspecified atom stereocenters. The fourth-order valence-electron chi connectivity index (χ4n) is 1.62. The Balaban J connectivity index is 2.66. The van der Waals surface area contributed by atoms with Crippen molar-refractivity contribution < 1.29 is 9.53 Å². The average Bonchev–Trinajstić information content (AvgIpc) is 2.66. The number of rotatable bonds is 7. The molecule has 0 atom stereocenters. The van der Waals surface area contributed by atoms with Crippen LogP contribution in [0.4, 0.5) is 10.9 Å². The molecule has 0 aliphatic carbocycles. The molecular weight excluding hydrogens is 276 g/mol. The molecular formula is C13H24N4O2S. The third-order valence-corrected chi connectivity index (χ3v) is 3.48. The average molecular weight is 300 g/mol. The second kappa shape index (κ2) is 6.90. The third kappa shape index (κ3) is 4.97. The molecule has 0 bridgehead atoms. The molecule has 1 heterocycles. The van der Waals surface area contributed by atoms with Crippen LogP contribution in [0.15, 0.2) is 0 Å². The lowest BCUT2D eigenvalue weighted by atomic mass is 10.1. The van der Waals surface area contributed by atoms with Gasteiger partial charge in [0.25, 0.3) is 5.91 Å². The maximum absolute atomic E-state index is 12.1. The van der Waals surface area contributed by atoms with Gasteiger partial charge in [-0.3, -0.25) is 4.79 Å². The normalized spacial score (nSPS) is 11.7. The van der Waals surface area contributed by atoms with E-state index in [0.717, 1.165) is 0 Å². The van der Waals surface area contributed by atoms with Gasteiger partial charge in [0.15, 0.2) is 5.13 Å². The van der Waals surface area contributed by atoms with Crippen molar-refractivity contribution in [3.05, 3.63) is 4.88 Å². The fraction of sp³-hybridized carbons (Fsp3) is 0.692. The van der Waals surface area contributed by atoms with E-state index in [0.29, 0.717) is 23.2 Å². The van der Waals surface area contributed by atoms with Gasteiger partial charge in [-0.05, 0) is 34.6 Å². The molecule has 7 heteroatoms. The first-order valence-electron chi connectivity index (χ1n) is 6.70. The fourth-order valence-corrected chi connectivity index (χ4v) is 2.57. The summed E-state index contributed by atoms with van der Waals surface area (Å²) in [4.78, 5) is 16.7. The van der Waals surface area contributed by atoms with Crippen molar-refractivity contribution in [2.75, 3.05) is 24.2 Å². The van der Waals surface area contributed by atoms with Crippen molar-refractivity contribution in [2.24, 2.45) is 0 Å². The number of hydrogen-bond donors (Lipinski definition) is 3. The van der Waals surface area contributed by atoms with Crippen LogP contribution in [0.25, 0.3) is 0 Å². The summed E-state index contributed by atoms with van der Waals surface area (Å²) < 4.78 is 5.53. The smallest absolute Gasteiger partial charge is 0.265 e. The van der Waals surface area contributed by atoms with E-state index in [1.54, 1.807) is 0 Å². The summed E-state index contributed by atoms with van der Waals surface area (Å²) in [5.41, 5.74) is 5.38. The van der Waals surface area contributed by atoms with Gasteiger partial charge in [0.05, 0.1) is 5.60 Å². The molecule has 20 heavy (non-hydrogen) atoms. The molecule has 0 spiro atoms. The Hall–Kier alpha value is -1.34. The van der Waals surface area contributed by atoms with E-state index in [1.807, 2.05) is 34.6 Å². The molecule has 114 valence electrons. The van der Waals surface area contributed by atoms with Gasteiger partial charge >= 0.3 is 0 Å². The number of anilines is 2. The van der Waals surface area contributed by atoms with Crippen molar-refractivity contribution in [1.29, 1.82) is 0 Å². The zero-order valence-electron chi connectivity index (χ0n) is 12.7. The largest absolute Gasteiger partial charge is 0.382 e.